The summed E-state index contributed by atoms with van der Waals surface area (Å²) in [6.45, 7) is 24.9. The van der Waals surface area contributed by atoms with E-state index < -0.39 is 18.0 Å². The quantitative estimate of drug-likeness (QED) is 0.215. The molecule has 2 bridgehead atoms. The van der Waals surface area contributed by atoms with Gasteiger partial charge in [-0.15, -0.1) is 0 Å². The normalized spacial score (nSPS) is 46.3. The average Bonchev–Trinajstić information content (AvgIpc) is 2.94. The molecule has 4 aliphatic carbocycles. The summed E-state index contributed by atoms with van der Waals surface area (Å²) in [6, 6.07) is -0.130. The van der Waals surface area contributed by atoms with E-state index in [2.05, 4.69) is 68.4 Å². The van der Waals surface area contributed by atoms with Gasteiger partial charge in [0.25, 0.3) is 0 Å². The Bertz CT molecular complexity index is 1200. The van der Waals surface area contributed by atoms with E-state index >= 15 is 0 Å². The Labute approximate surface area is 272 Å². The van der Waals surface area contributed by atoms with Gasteiger partial charge in [-0.25, -0.2) is 0 Å². The van der Waals surface area contributed by atoms with E-state index in [9.17, 15) is 14.7 Å². The van der Waals surface area contributed by atoms with Crippen molar-refractivity contribution in [2.24, 2.45) is 68.3 Å². The zero-order valence-corrected chi connectivity index (χ0v) is 30.1. The van der Waals surface area contributed by atoms with Gasteiger partial charge in [-0.3, -0.25) is 9.59 Å². The van der Waals surface area contributed by atoms with Crippen molar-refractivity contribution in [1.29, 1.82) is 0 Å². The number of nitrogens with two attached hydrogens (primary N) is 1. The molecule has 0 aromatic rings. The molecule has 1 aliphatic heterocycles. The van der Waals surface area contributed by atoms with E-state index in [4.69, 9.17) is 19.9 Å². The van der Waals surface area contributed by atoms with Crippen molar-refractivity contribution in [1.82, 2.24) is 0 Å². The first kappa shape index (κ1) is 34.9. The number of aliphatic carboxylic acids is 1. The fraction of sp³-hybridized carbons (Fsp3) is 0.895. The van der Waals surface area contributed by atoms with Crippen LogP contribution in [-0.2, 0) is 23.8 Å². The lowest BCUT2D eigenvalue weighted by Crippen LogP contribution is -2.70. The van der Waals surface area contributed by atoms with Crippen LogP contribution in [-0.4, -0.2) is 54.6 Å². The lowest BCUT2D eigenvalue weighted by molar-refractivity contribution is -0.275. The van der Waals surface area contributed by atoms with Crippen molar-refractivity contribution < 1.29 is 28.9 Å². The Morgan fingerprint density at radius 1 is 0.978 bits per heavy atom. The molecule has 13 atom stereocenters. The topological polar surface area (TPSA) is 108 Å². The van der Waals surface area contributed by atoms with Crippen LogP contribution in [0.3, 0.4) is 0 Å². The second-order valence-corrected chi connectivity index (χ2v) is 17.8. The number of hydrogen-bond acceptors (Lipinski definition) is 6. The first-order chi connectivity index (χ1) is 20.8. The Balaban J connectivity index is 1.58. The molecule has 0 spiro atoms. The summed E-state index contributed by atoms with van der Waals surface area (Å²) in [4.78, 5) is 25.9. The molecular weight excluding hydrogens is 566 g/mol. The number of hydrogen-bond donors (Lipinski definition) is 2. The minimum atomic E-state index is -0.642. The number of rotatable bonds is 8. The van der Waals surface area contributed by atoms with Crippen molar-refractivity contribution >= 4 is 11.9 Å². The van der Waals surface area contributed by atoms with Gasteiger partial charge in [0.2, 0.25) is 0 Å². The van der Waals surface area contributed by atoms with Gasteiger partial charge < -0.3 is 25.1 Å². The zero-order chi connectivity index (χ0) is 33.5. The second kappa shape index (κ2) is 11.6. The molecule has 2 unspecified atom stereocenters. The maximum Gasteiger partial charge on any atom is 0.307 e. The number of carboxylic acids is 1. The molecule has 3 saturated carbocycles. The number of esters is 1. The smallest absolute Gasteiger partial charge is 0.307 e. The highest BCUT2D eigenvalue weighted by Gasteiger charge is 2.72. The highest BCUT2D eigenvalue weighted by molar-refractivity contribution is 5.73. The monoisotopic (exact) mass is 629 g/mol. The molecule has 5 aliphatic rings. The SMILES string of the molecule is CC(=O)O[C@@H]1C[C@@]23COC[C@](C)([C@@H]2CC[C@H]2C3=CC[C@@]3(C)[C@H](C(=O)O)[C@@](C)([C@H](C)C(C)C)CC[C@]23C)[C@H]1OC(C)C(N)C(C)C. The van der Waals surface area contributed by atoms with Crippen LogP contribution < -0.4 is 5.73 Å². The van der Waals surface area contributed by atoms with Crippen molar-refractivity contribution in [3.05, 3.63) is 11.6 Å². The number of ether oxygens (including phenoxy) is 3. The molecule has 7 heteroatoms. The van der Waals surface area contributed by atoms with Crippen molar-refractivity contribution in [2.75, 3.05) is 13.2 Å². The van der Waals surface area contributed by atoms with Gasteiger partial charge in [0.05, 0.1) is 25.2 Å². The summed E-state index contributed by atoms with van der Waals surface area (Å²) in [7, 11) is 0. The van der Waals surface area contributed by atoms with Crippen LogP contribution in [0.1, 0.15) is 115 Å². The van der Waals surface area contributed by atoms with Crippen LogP contribution in [0.2, 0.25) is 0 Å². The standard InChI is InChI=1S/C38H63NO6/c1-21(2)23(5)34(8)16-17-36(10)26-12-13-29-35(9)19-43-20-38(29,27(26)14-15-37(36,11)31(34)33(41)42)18-28(45-25(7)40)32(35)44-24(6)30(39)22(3)4/h14,21-24,26,28-32H,12-13,15-20,39H2,1-11H3,(H,41,42)/t23-,24?,26+,28-,29+,30?,31-,32+,34-,35-,36-,37+,38+/m1/s1. The third-order valence-electron chi connectivity index (χ3n) is 15.1. The Hall–Kier alpha value is -1.44. The van der Waals surface area contributed by atoms with E-state index in [1.807, 2.05) is 6.92 Å². The summed E-state index contributed by atoms with van der Waals surface area (Å²) in [5, 5.41) is 11.0. The van der Waals surface area contributed by atoms with Crippen LogP contribution in [0.4, 0.5) is 0 Å². The van der Waals surface area contributed by atoms with Crippen molar-refractivity contribution in [3.63, 3.8) is 0 Å². The highest BCUT2D eigenvalue weighted by atomic mass is 16.6. The van der Waals surface area contributed by atoms with Crippen LogP contribution in [0.25, 0.3) is 0 Å². The number of carboxylic acid groups (broad SMARTS) is 1. The van der Waals surface area contributed by atoms with Crippen LogP contribution >= 0.6 is 0 Å². The maximum absolute atomic E-state index is 13.3. The third kappa shape index (κ3) is 4.98. The molecule has 0 aromatic carbocycles. The van der Waals surface area contributed by atoms with Gasteiger partial charge in [-0.2, -0.15) is 0 Å². The van der Waals surface area contributed by atoms with E-state index in [1.165, 1.54) is 12.5 Å². The molecule has 0 radical (unpaired) electrons. The molecule has 0 aromatic heterocycles. The van der Waals surface area contributed by atoms with Crippen LogP contribution in [0.15, 0.2) is 11.6 Å². The van der Waals surface area contributed by atoms with Crippen molar-refractivity contribution in [2.45, 2.75) is 139 Å². The van der Waals surface area contributed by atoms with Gasteiger partial charge in [0.1, 0.15) is 12.2 Å². The molecule has 45 heavy (non-hydrogen) atoms. The molecule has 1 saturated heterocycles. The summed E-state index contributed by atoms with van der Waals surface area (Å²) in [5.74, 6) is 0.215. The minimum Gasteiger partial charge on any atom is -0.481 e. The third-order valence-corrected chi connectivity index (χ3v) is 15.1. The number of allylic oxidation sites excluding steroid dienone is 1. The lowest BCUT2D eigenvalue weighted by atomic mass is 9.34. The van der Waals surface area contributed by atoms with E-state index in [1.54, 1.807) is 0 Å². The average molecular weight is 630 g/mol. The second-order valence-electron chi connectivity index (χ2n) is 17.8. The summed E-state index contributed by atoms with van der Waals surface area (Å²) in [5.41, 5.74) is 6.59. The fourth-order valence-corrected chi connectivity index (χ4v) is 12.0. The molecular formula is C38H63NO6. The van der Waals surface area contributed by atoms with E-state index in [-0.39, 0.29) is 63.1 Å². The highest BCUT2D eigenvalue weighted by Crippen LogP contribution is 2.75. The molecule has 256 valence electrons. The molecule has 4 fully saturated rings. The van der Waals surface area contributed by atoms with Gasteiger partial charge in [0, 0.05) is 23.8 Å². The van der Waals surface area contributed by atoms with Crippen LogP contribution in [0.5, 0.6) is 0 Å². The molecule has 5 rings (SSSR count). The zero-order valence-electron chi connectivity index (χ0n) is 30.1. The molecule has 0 amide bonds. The van der Waals surface area contributed by atoms with E-state index in [0.717, 1.165) is 32.1 Å². The Kier molecular flexibility index (Phi) is 9.00. The first-order valence-electron chi connectivity index (χ1n) is 17.9. The molecule has 3 N–H and O–H groups in total. The maximum atomic E-state index is 13.3. The number of carbonyl (C=O) groups is 2. The summed E-state index contributed by atoms with van der Waals surface area (Å²) < 4.78 is 19.6. The van der Waals surface area contributed by atoms with E-state index in [0.29, 0.717) is 37.4 Å². The Morgan fingerprint density at radius 3 is 2.22 bits per heavy atom. The minimum absolute atomic E-state index is 0.130. The fourth-order valence-electron chi connectivity index (χ4n) is 12.0. The molecule has 7 nitrogen and oxygen atoms in total. The largest absolute Gasteiger partial charge is 0.481 e. The van der Waals surface area contributed by atoms with Crippen LogP contribution in [0, 0.1) is 62.6 Å². The van der Waals surface area contributed by atoms with Gasteiger partial charge in [-0.05, 0) is 91.3 Å². The predicted octanol–water partition coefficient (Wildman–Crippen LogP) is 7.26. The number of fused-ring (bicyclic) bond motifs is 3. The van der Waals surface area contributed by atoms with Gasteiger partial charge in [-0.1, -0.05) is 74.0 Å². The van der Waals surface area contributed by atoms with Gasteiger partial charge >= 0.3 is 11.9 Å². The lowest BCUT2D eigenvalue weighted by Gasteiger charge is -2.71. The molecule has 1 heterocycles. The van der Waals surface area contributed by atoms with Crippen molar-refractivity contribution in [3.8, 4) is 0 Å². The summed E-state index contributed by atoms with van der Waals surface area (Å²) in [6.07, 6.45) is 6.96. The number of carbonyl (C=O) groups excluding carboxylic acids is 1. The van der Waals surface area contributed by atoms with Gasteiger partial charge in [0.15, 0.2) is 0 Å². The predicted molar refractivity (Wildman–Crippen MR) is 176 cm³/mol. The first-order valence-corrected chi connectivity index (χ1v) is 17.9. The Morgan fingerprint density at radius 2 is 1.64 bits per heavy atom. The summed E-state index contributed by atoms with van der Waals surface area (Å²) >= 11 is 0.